The van der Waals surface area contributed by atoms with E-state index in [1.807, 2.05) is 0 Å². The molecule has 114 valence electrons. The molecule has 0 spiro atoms. The number of hydrogen-bond acceptors (Lipinski definition) is 7. The number of rotatable bonds is 3. The van der Waals surface area contributed by atoms with Gasteiger partial charge in [0.25, 0.3) is 0 Å². The minimum absolute atomic E-state index is 0.230. The molecule has 0 radical (unpaired) electrons. The van der Waals surface area contributed by atoms with E-state index in [1.54, 1.807) is 12.3 Å². The summed E-state index contributed by atoms with van der Waals surface area (Å²) in [5, 5.41) is 21.5. The summed E-state index contributed by atoms with van der Waals surface area (Å²) in [6.07, 6.45) is 0.0858. The highest BCUT2D eigenvalue weighted by molar-refractivity contribution is 7.18. The van der Waals surface area contributed by atoms with Gasteiger partial charge in [-0.25, -0.2) is 14.4 Å². The van der Waals surface area contributed by atoms with E-state index in [1.165, 1.54) is 17.7 Å². The van der Waals surface area contributed by atoms with E-state index < -0.39 is 24.0 Å². The van der Waals surface area contributed by atoms with Gasteiger partial charge < -0.3 is 20.7 Å². The molecule has 1 saturated heterocycles. The van der Waals surface area contributed by atoms with Crippen molar-refractivity contribution in [2.45, 2.75) is 30.7 Å². The topological polar surface area (TPSA) is 101 Å². The van der Waals surface area contributed by atoms with Crippen LogP contribution in [0.2, 0.25) is 0 Å². The lowest BCUT2D eigenvalue weighted by Gasteiger charge is -2.31. The van der Waals surface area contributed by atoms with Gasteiger partial charge in [0.05, 0.1) is 23.4 Å². The van der Waals surface area contributed by atoms with Crippen LogP contribution >= 0.6 is 11.3 Å². The number of anilines is 1. The molecule has 0 aliphatic carbocycles. The Labute approximate surface area is 124 Å². The molecule has 0 bridgehead atoms. The van der Waals surface area contributed by atoms with Gasteiger partial charge in [0.2, 0.25) is 0 Å². The quantitative estimate of drug-likeness (QED) is 0.780. The number of halogens is 1. The summed E-state index contributed by atoms with van der Waals surface area (Å²) in [7, 11) is 0. The zero-order valence-electron chi connectivity index (χ0n) is 11.4. The lowest BCUT2D eigenvalue weighted by molar-refractivity contribution is -0.0999. The minimum atomic E-state index is -2.13. The summed E-state index contributed by atoms with van der Waals surface area (Å²) in [6, 6.07) is 0. The number of alkyl halides is 1. The van der Waals surface area contributed by atoms with E-state index in [4.69, 9.17) is 10.5 Å². The van der Waals surface area contributed by atoms with Crippen molar-refractivity contribution in [2.75, 3.05) is 18.9 Å². The predicted molar refractivity (Wildman–Crippen MR) is 76.7 cm³/mol. The average Bonchev–Trinajstić information content (AvgIpc) is 3.03. The molecule has 4 N–H and O–H groups in total. The Morgan fingerprint density at radius 2 is 2.33 bits per heavy atom. The van der Waals surface area contributed by atoms with Crippen LogP contribution in [0.5, 0.6) is 0 Å². The van der Waals surface area contributed by atoms with E-state index >= 15 is 4.39 Å². The SMILES string of the molecule is CC[C@]1(CO)OC[C@@](F)(c2csc3c(N)ncnc23)[C@@H]1O. The Bertz CT molecular complexity index is 676. The van der Waals surface area contributed by atoms with Crippen molar-refractivity contribution in [3.05, 3.63) is 17.3 Å². The Morgan fingerprint density at radius 3 is 2.95 bits per heavy atom. The van der Waals surface area contributed by atoms with E-state index in [0.717, 1.165) is 0 Å². The Kier molecular flexibility index (Phi) is 3.36. The second-order valence-corrected chi connectivity index (χ2v) is 6.10. The van der Waals surface area contributed by atoms with Gasteiger partial charge in [-0.05, 0) is 6.42 Å². The summed E-state index contributed by atoms with van der Waals surface area (Å²) < 4.78 is 21.4. The predicted octanol–water partition coefficient (Wildman–Crippen LogP) is 0.970. The number of nitrogen functional groups attached to an aromatic ring is 1. The molecule has 6 nitrogen and oxygen atoms in total. The molecule has 0 aromatic carbocycles. The molecule has 0 saturated carbocycles. The van der Waals surface area contributed by atoms with E-state index in [-0.39, 0.29) is 18.0 Å². The van der Waals surface area contributed by atoms with Crippen LogP contribution in [-0.4, -0.2) is 45.1 Å². The smallest absolute Gasteiger partial charge is 0.190 e. The van der Waals surface area contributed by atoms with Crippen molar-refractivity contribution in [1.29, 1.82) is 0 Å². The second-order valence-electron chi connectivity index (χ2n) is 5.22. The van der Waals surface area contributed by atoms with E-state index in [2.05, 4.69) is 9.97 Å². The first-order valence-corrected chi connectivity index (χ1v) is 7.46. The molecule has 3 rings (SSSR count). The standard InChI is InChI=1S/C13H16FN3O3S/c1-2-12(4-18)11(19)13(14,5-20-12)7-3-21-9-8(7)16-6-17-10(9)15/h3,6,11,18-19H,2,4-5H2,1H3,(H2,15,16,17)/t11-,12-,13-/m1/s1. The van der Waals surface area contributed by atoms with Gasteiger partial charge in [-0.1, -0.05) is 6.92 Å². The number of hydrogen-bond donors (Lipinski definition) is 3. The zero-order chi connectivity index (χ0) is 15.3. The molecule has 1 aliphatic heterocycles. The lowest BCUT2D eigenvalue weighted by Crippen LogP contribution is -2.48. The number of aliphatic hydroxyl groups excluding tert-OH is 2. The van der Waals surface area contributed by atoms with Crippen molar-refractivity contribution in [3.8, 4) is 0 Å². The van der Waals surface area contributed by atoms with Gasteiger partial charge in [0.15, 0.2) is 5.67 Å². The Morgan fingerprint density at radius 1 is 1.57 bits per heavy atom. The second kappa shape index (κ2) is 4.84. The van der Waals surface area contributed by atoms with Gasteiger partial charge in [-0.3, -0.25) is 0 Å². The fourth-order valence-electron chi connectivity index (χ4n) is 2.75. The summed E-state index contributed by atoms with van der Waals surface area (Å²) in [5.74, 6) is 0.275. The third-order valence-electron chi connectivity index (χ3n) is 4.20. The van der Waals surface area contributed by atoms with Crippen LogP contribution in [-0.2, 0) is 10.4 Å². The normalized spacial score (nSPS) is 32.9. The Balaban J connectivity index is 2.12. The summed E-state index contributed by atoms with van der Waals surface area (Å²) in [4.78, 5) is 7.95. The van der Waals surface area contributed by atoms with Crippen molar-refractivity contribution < 1.29 is 19.3 Å². The molecule has 0 amide bonds. The molecule has 3 atom stereocenters. The van der Waals surface area contributed by atoms with Crippen molar-refractivity contribution in [3.63, 3.8) is 0 Å². The molecule has 21 heavy (non-hydrogen) atoms. The largest absolute Gasteiger partial charge is 0.393 e. The van der Waals surface area contributed by atoms with Crippen molar-refractivity contribution >= 4 is 27.4 Å². The first-order chi connectivity index (χ1) is 9.98. The first kappa shape index (κ1) is 14.6. The van der Waals surface area contributed by atoms with Gasteiger partial charge >= 0.3 is 0 Å². The molecule has 8 heteroatoms. The van der Waals surface area contributed by atoms with E-state index in [9.17, 15) is 10.2 Å². The third-order valence-corrected chi connectivity index (χ3v) is 5.19. The maximum Gasteiger partial charge on any atom is 0.190 e. The highest BCUT2D eigenvalue weighted by atomic mass is 32.1. The molecule has 2 aromatic rings. The van der Waals surface area contributed by atoms with Crippen LogP contribution in [0.25, 0.3) is 10.2 Å². The number of ether oxygens (including phenoxy) is 1. The minimum Gasteiger partial charge on any atom is -0.393 e. The lowest BCUT2D eigenvalue weighted by atomic mass is 9.83. The fraction of sp³-hybridized carbons (Fsp3) is 0.538. The van der Waals surface area contributed by atoms with Crippen LogP contribution in [0.3, 0.4) is 0 Å². The average molecular weight is 313 g/mol. The number of thiophene rings is 1. The van der Waals surface area contributed by atoms with Crippen LogP contribution < -0.4 is 5.73 Å². The third kappa shape index (κ3) is 1.87. The number of nitrogens with zero attached hydrogens (tertiary/aromatic N) is 2. The molecule has 0 unspecified atom stereocenters. The number of aromatic nitrogens is 2. The van der Waals surface area contributed by atoms with Crippen LogP contribution in [0.4, 0.5) is 10.2 Å². The molecule has 2 aromatic heterocycles. The van der Waals surface area contributed by atoms with E-state index in [0.29, 0.717) is 16.6 Å². The van der Waals surface area contributed by atoms with Crippen LogP contribution in [0.15, 0.2) is 11.7 Å². The first-order valence-electron chi connectivity index (χ1n) is 6.58. The fourth-order valence-corrected chi connectivity index (χ4v) is 3.74. The zero-order valence-corrected chi connectivity index (χ0v) is 12.2. The number of aliphatic hydroxyl groups is 2. The molecule has 3 heterocycles. The Hall–Kier alpha value is -1.35. The van der Waals surface area contributed by atoms with Crippen LogP contribution in [0.1, 0.15) is 18.9 Å². The molecular weight excluding hydrogens is 297 g/mol. The highest BCUT2D eigenvalue weighted by Crippen LogP contribution is 2.48. The molecular formula is C13H16FN3O3S. The highest BCUT2D eigenvalue weighted by Gasteiger charge is 2.59. The van der Waals surface area contributed by atoms with Gasteiger partial charge in [0, 0.05) is 10.9 Å². The molecule has 1 aliphatic rings. The summed E-state index contributed by atoms with van der Waals surface area (Å²) in [5.41, 5.74) is 2.94. The molecule has 1 fully saturated rings. The number of fused-ring (bicyclic) bond motifs is 1. The van der Waals surface area contributed by atoms with Crippen molar-refractivity contribution in [2.24, 2.45) is 0 Å². The number of nitrogens with two attached hydrogens (primary N) is 1. The van der Waals surface area contributed by atoms with Crippen molar-refractivity contribution in [1.82, 2.24) is 9.97 Å². The summed E-state index contributed by atoms with van der Waals surface area (Å²) in [6.45, 7) is 0.949. The maximum atomic E-state index is 15.4. The van der Waals surface area contributed by atoms with Gasteiger partial charge in [-0.15, -0.1) is 11.3 Å². The van der Waals surface area contributed by atoms with Gasteiger partial charge in [0.1, 0.15) is 23.9 Å². The summed E-state index contributed by atoms with van der Waals surface area (Å²) >= 11 is 1.22. The van der Waals surface area contributed by atoms with Gasteiger partial charge in [-0.2, -0.15) is 0 Å². The monoisotopic (exact) mass is 313 g/mol. The maximum absolute atomic E-state index is 15.4. The van der Waals surface area contributed by atoms with Crippen LogP contribution in [0, 0.1) is 0 Å².